The van der Waals surface area contributed by atoms with E-state index < -0.39 is 5.97 Å². The summed E-state index contributed by atoms with van der Waals surface area (Å²) in [5.41, 5.74) is 0.00733. The van der Waals surface area contributed by atoms with E-state index in [1.807, 2.05) is 0 Å². The van der Waals surface area contributed by atoms with Crippen molar-refractivity contribution in [1.29, 1.82) is 0 Å². The van der Waals surface area contributed by atoms with Gasteiger partial charge in [-0.2, -0.15) is 0 Å². The molecule has 0 aliphatic carbocycles. The van der Waals surface area contributed by atoms with Gasteiger partial charge >= 0.3 is 5.97 Å². The Bertz CT molecular complexity index is 367. The van der Waals surface area contributed by atoms with Gasteiger partial charge in [-0.1, -0.05) is 6.92 Å². The molecule has 1 fully saturated rings. The van der Waals surface area contributed by atoms with Crippen molar-refractivity contribution in [1.82, 2.24) is 9.88 Å². The van der Waals surface area contributed by atoms with Crippen molar-refractivity contribution >= 4 is 5.97 Å². The molecule has 2 heterocycles. The van der Waals surface area contributed by atoms with Crippen molar-refractivity contribution in [3.63, 3.8) is 0 Å². The average Bonchev–Trinajstić information content (AvgIpc) is 2.78. The highest BCUT2D eigenvalue weighted by Gasteiger charge is 2.24. The first-order valence-corrected chi connectivity index (χ1v) is 5.61. The lowest BCUT2D eigenvalue weighted by atomic mass is 9.97. The van der Waals surface area contributed by atoms with E-state index in [9.17, 15) is 4.79 Å². The summed E-state index contributed by atoms with van der Waals surface area (Å²) in [5.74, 6) is -0.176. The number of nitrogens with zero attached hydrogens (tertiary/aromatic N) is 2. The number of piperidine rings is 1. The molecule has 88 valence electrons. The number of carboxylic acid groups (broad SMARTS) is 1. The zero-order valence-corrected chi connectivity index (χ0v) is 9.35. The number of hydrogen-bond acceptors (Lipinski definition) is 4. The summed E-state index contributed by atoms with van der Waals surface area (Å²) in [7, 11) is 0. The molecule has 0 atom stereocenters. The zero-order valence-electron chi connectivity index (χ0n) is 9.35. The molecule has 1 aliphatic heterocycles. The van der Waals surface area contributed by atoms with E-state index in [-0.39, 0.29) is 11.6 Å². The lowest BCUT2D eigenvalue weighted by Gasteiger charge is -2.29. The van der Waals surface area contributed by atoms with E-state index in [0.717, 1.165) is 32.5 Å². The predicted octanol–water partition coefficient (Wildman–Crippen LogP) is 1.57. The van der Waals surface area contributed by atoms with Crippen LogP contribution in [0.1, 0.15) is 42.1 Å². The van der Waals surface area contributed by atoms with Crippen LogP contribution in [0.2, 0.25) is 0 Å². The van der Waals surface area contributed by atoms with Gasteiger partial charge in [-0.15, -0.1) is 0 Å². The van der Waals surface area contributed by atoms with E-state index in [1.54, 1.807) is 0 Å². The molecular weight excluding hydrogens is 208 g/mol. The molecule has 1 aromatic heterocycles. The fourth-order valence-electron chi connectivity index (χ4n) is 2.07. The van der Waals surface area contributed by atoms with Crippen molar-refractivity contribution < 1.29 is 14.3 Å². The largest absolute Gasteiger partial charge is 0.476 e. The molecule has 0 unspecified atom stereocenters. The summed E-state index contributed by atoms with van der Waals surface area (Å²) in [4.78, 5) is 17.0. The highest BCUT2D eigenvalue weighted by molar-refractivity contribution is 5.84. The van der Waals surface area contributed by atoms with E-state index in [2.05, 4.69) is 16.8 Å². The van der Waals surface area contributed by atoms with Gasteiger partial charge in [-0.05, 0) is 32.5 Å². The Morgan fingerprint density at radius 2 is 2.31 bits per heavy atom. The molecular formula is C11H16N2O3. The van der Waals surface area contributed by atoms with Gasteiger partial charge in [0.15, 0.2) is 11.6 Å². The smallest absolute Gasteiger partial charge is 0.357 e. The number of carboxylic acids is 1. The predicted molar refractivity (Wildman–Crippen MR) is 57.6 cm³/mol. The maximum atomic E-state index is 10.7. The van der Waals surface area contributed by atoms with Gasteiger partial charge in [0.05, 0.1) is 0 Å². The molecule has 5 nitrogen and oxygen atoms in total. The van der Waals surface area contributed by atoms with Crippen molar-refractivity contribution in [3.05, 3.63) is 17.8 Å². The second-order valence-corrected chi connectivity index (χ2v) is 4.08. The van der Waals surface area contributed by atoms with Crippen molar-refractivity contribution in [2.45, 2.75) is 25.7 Å². The van der Waals surface area contributed by atoms with Gasteiger partial charge < -0.3 is 14.4 Å². The van der Waals surface area contributed by atoms with Crippen LogP contribution < -0.4 is 0 Å². The Balaban J connectivity index is 2.00. The summed E-state index contributed by atoms with van der Waals surface area (Å²) in [6.07, 6.45) is 3.21. The number of oxazole rings is 1. The minimum atomic E-state index is -1.03. The standard InChI is InChI=1S/C11H16N2O3/c1-2-13-5-3-8(4-6-13)10-12-9(7-16-10)11(14)15/h7-8H,2-6H2,1H3,(H,14,15). The van der Waals surface area contributed by atoms with Crippen LogP contribution in [0.4, 0.5) is 0 Å². The lowest BCUT2D eigenvalue weighted by Crippen LogP contribution is -2.32. The maximum Gasteiger partial charge on any atom is 0.357 e. The number of aromatic carboxylic acids is 1. The first kappa shape index (κ1) is 11.1. The second kappa shape index (κ2) is 4.65. The van der Waals surface area contributed by atoms with Crippen LogP contribution in [0.15, 0.2) is 10.7 Å². The molecule has 0 aromatic carbocycles. The molecule has 0 radical (unpaired) electrons. The molecule has 1 aliphatic rings. The number of rotatable bonds is 3. The summed E-state index contributed by atoms with van der Waals surface area (Å²) in [6.45, 7) is 5.28. The molecule has 0 amide bonds. The highest BCUT2D eigenvalue weighted by Crippen LogP contribution is 2.27. The molecule has 2 rings (SSSR count). The van der Waals surface area contributed by atoms with E-state index in [4.69, 9.17) is 9.52 Å². The highest BCUT2D eigenvalue weighted by atomic mass is 16.4. The van der Waals surface area contributed by atoms with Gasteiger partial charge in [-0.25, -0.2) is 9.78 Å². The quantitative estimate of drug-likeness (QED) is 0.844. The number of aromatic nitrogens is 1. The molecule has 1 saturated heterocycles. The van der Waals surface area contributed by atoms with Gasteiger partial charge in [0.2, 0.25) is 0 Å². The van der Waals surface area contributed by atoms with Crippen molar-refractivity contribution in [3.8, 4) is 0 Å². The molecule has 16 heavy (non-hydrogen) atoms. The summed E-state index contributed by atoms with van der Waals surface area (Å²) < 4.78 is 5.22. The molecule has 0 spiro atoms. The van der Waals surface area contributed by atoms with Crippen LogP contribution >= 0.6 is 0 Å². The van der Waals surface area contributed by atoms with E-state index in [0.29, 0.717) is 5.89 Å². The molecule has 0 saturated carbocycles. The average molecular weight is 224 g/mol. The fraction of sp³-hybridized carbons (Fsp3) is 0.636. The minimum Gasteiger partial charge on any atom is -0.476 e. The van der Waals surface area contributed by atoms with Crippen LogP contribution in [0, 0.1) is 0 Å². The lowest BCUT2D eigenvalue weighted by molar-refractivity contribution is 0.0690. The Kier molecular flexibility index (Phi) is 3.24. The fourth-order valence-corrected chi connectivity index (χ4v) is 2.07. The minimum absolute atomic E-state index is 0.00733. The Labute approximate surface area is 94.1 Å². The number of likely N-dealkylation sites (tertiary alicyclic amines) is 1. The monoisotopic (exact) mass is 224 g/mol. The van der Waals surface area contributed by atoms with Crippen LogP contribution in [0.3, 0.4) is 0 Å². The summed E-state index contributed by atoms with van der Waals surface area (Å²) >= 11 is 0. The van der Waals surface area contributed by atoms with Gasteiger partial charge in [0.1, 0.15) is 6.26 Å². The van der Waals surface area contributed by atoms with Crippen LogP contribution in [-0.4, -0.2) is 40.6 Å². The maximum absolute atomic E-state index is 10.7. The first-order chi connectivity index (χ1) is 7.70. The Morgan fingerprint density at radius 3 is 2.81 bits per heavy atom. The number of carbonyl (C=O) groups is 1. The molecule has 1 N–H and O–H groups in total. The van der Waals surface area contributed by atoms with E-state index in [1.165, 1.54) is 6.26 Å². The SMILES string of the molecule is CCN1CCC(c2nc(C(=O)O)co2)CC1. The zero-order chi connectivity index (χ0) is 11.5. The summed E-state index contributed by atoms with van der Waals surface area (Å²) in [6, 6.07) is 0. The van der Waals surface area contributed by atoms with Crippen molar-refractivity contribution in [2.24, 2.45) is 0 Å². The third-order valence-electron chi connectivity index (χ3n) is 3.13. The summed E-state index contributed by atoms with van der Waals surface area (Å²) in [5, 5.41) is 8.75. The van der Waals surface area contributed by atoms with Crippen LogP contribution in [0.25, 0.3) is 0 Å². The Hall–Kier alpha value is -1.36. The third-order valence-corrected chi connectivity index (χ3v) is 3.13. The van der Waals surface area contributed by atoms with E-state index >= 15 is 0 Å². The van der Waals surface area contributed by atoms with Crippen LogP contribution in [0.5, 0.6) is 0 Å². The third kappa shape index (κ3) is 2.24. The topological polar surface area (TPSA) is 66.6 Å². The normalized spacial score (nSPS) is 18.8. The van der Waals surface area contributed by atoms with Gasteiger partial charge in [0, 0.05) is 5.92 Å². The Morgan fingerprint density at radius 1 is 1.62 bits per heavy atom. The van der Waals surface area contributed by atoms with Crippen LogP contribution in [-0.2, 0) is 0 Å². The van der Waals surface area contributed by atoms with Gasteiger partial charge in [-0.3, -0.25) is 0 Å². The second-order valence-electron chi connectivity index (χ2n) is 4.08. The molecule has 1 aromatic rings. The first-order valence-electron chi connectivity index (χ1n) is 5.61. The number of hydrogen-bond donors (Lipinski definition) is 1. The molecule has 0 bridgehead atoms. The van der Waals surface area contributed by atoms with Crippen molar-refractivity contribution in [2.75, 3.05) is 19.6 Å². The van der Waals surface area contributed by atoms with Gasteiger partial charge in [0.25, 0.3) is 0 Å². The molecule has 5 heteroatoms.